The summed E-state index contributed by atoms with van der Waals surface area (Å²) in [5.74, 6) is 3.08. The third kappa shape index (κ3) is 23.0. The Bertz CT molecular complexity index is 2170. The average Bonchev–Trinajstić information content (AvgIpc) is 3.25. The summed E-state index contributed by atoms with van der Waals surface area (Å²) in [4.78, 5) is 36.8. The van der Waals surface area contributed by atoms with E-state index in [1.165, 1.54) is 12.1 Å². The van der Waals surface area contributed by atoms with Crippen molar-refractivity contribution in [1.29, 1.82) is 0 Å². The smallest absolute Gasteiger partial charge is 0.228 e. The van der Waals surface area contributed by atoms with E-state index >= 15 is 0 Å². The Labute approximate surface area is 429 Å². The van der Waals surface area contributed by atoms with Crippen LogP contribution in [0, 0.1) is 6.92 Å². The van der Waals surface area contributed by atoms with Gasteiger partial charge in [-0.3, -0.25) is 0 Å². The molecule has 68 heavy (non-hydrogen) atoms. The normalized spacial score (nSPS) is 14.2. The first-order chi connectivity index (χ1) is 30.9. The van der Waals surface area contributed by atoms with E-state index in [9.17, 15) is 10.2 Å². The molecule has 0 spiro atoms. The molecule has 1 aromatic carbocycles. The number of benzene rings is 1. The zero-order chi connectivity index (χ0) is 47.5. The minimum atomic E-state index is -0.459. The van der Waals surface area contributed by atoms with Crippen molar-refractivity contribution in [2.75, 3.05) is 104 Å². The molecule has 0 saturated carbocycles. The largest absolute Gasteiger partial charge is 0.399 e. The number of rotatable bonds is 12. The van der Waals surface area contributed by atoms with E-state index in [0.29, 0.717) is 86.3 Å². The van der Waals surface area contributed by atoms with Crippen molar-refractivity contribution in [2.45, 2.75) is 68.3 Å². The van der Waals surface area contributed by atoms with Crippen LogP contribution in [0.5, 0.6) is 0 Å². The molecule has 8 N–H and O–H groups in total. The van der Waals surface area contributed by atoms with Gasteiger partial charge in [-0.25, -0.2) is 29.9 Å². The first-order valence-corrected chi connectivity index (χ1v) is 22.5. The van der Waals surface area contributed by atoms with Crippen molar-refractivity contribution in [1.82, 2.24) is 39.9 Å². The second-order valence-electron chi connectivity index (χ2n) is 14.4. The van der Waals surface area contributed by atoms with Crippen molar-refractivity contribution in [3.8, 4) is 11.3 Å². The van der Waals surface area contributed by atoms with Crippen molar-refractivity contribution >= 4 is 105 Å². The SMILES string of the molecule is C.C.C.C[C@@H](O)CNc1cc(Cl)nc(Cl)n1.C[C@@H](O)CNc1cc(Cl)nc(N2CCOCC2)n1.Cc1ccc(N)cc1-c1cc(NC[C@@H](C)O)nc(N2CCOCC2)n1.Clc1cc(Cl)nc(Cl)n1. The van der Waals surface area contributed by atoms with Gasteiger partial charge in [0.15, 0.2) is 0 Å². The number of ether oxygens (including phenoxy) is 2. The van der Waals surface area contributed by atoms with Crippen molar-refractivity contribution in [3.63, 3.8) is 0 Å². The maximum absolute atomic E-state index is 9.55. The van der Waals surface area contributed by atoms with Gasteiger partial charge >= 0.3 is 0 Å². The summed E-state index contributed by atoms with van der Waals surface area (Å²) >= 11 is 33.4. The van der Waals surface area contributed by atoms with E-state index in [-0.39, 0.29) is 48.3 Å². The number of aromatic nitrogens is 8. The van der Waals surface area contributed by atoms with Gasteiger partial charge < -0.3 is 56.3 Å². The van der Waals surface area contributed by atoms with Crippen LogP contribution in [0.15, 0.2) is 42.5 Å². The van der Waals surface area contributed by atoms with Gasteiger partial charge in [-0.05, 0) is 68.6 Å². The second-order valence-corrected chi connectivity index (χ2v) is 16.6. The van der Waals surface area contributed by atoms with Gasteiger partial charge in [0.1, 0.15) is 38.1 Å². The predicted octanol–water partition coefficient (Wildman–Crippen LogP) is 8.34. The number of aryl methyl sites for hydroxylation is 1. The molecule has 25 heteroatoms. The number of hydrogen-bond acceptors (Lipinski definition) is 19. The third-order valence-corrected chi connectivity index (χ3v) is 9.68. The molecule has 0 amide bonds. The molecule has 5 aromatic rings. The molecule has 0 radical (unpaired) electrons. The van der Waals surface area contributed by atoms with Crippen LogP contribution in [0.3, 0.4) is 0 Å². The van der Waals surface area contributed by atoms with Gasteiger partial charge in [0, 0.05) is 81.3 Å². The molecule has 6 heterocycles. The highest BCUT2D eigenvalue weighted by Crippen LogP contribution is 2.28. The minimum absolute atomic E-state index is 0. The van der Waals surface area contributed by atoms with Gasteiger partial charge in [-0.1, -0.05) is 74.8 Å². The summed E-state index contributed by atoms with van der Waals surface area (Å²) < 4.78 is 10.7. The third-order valence-electron chi connectivity index (χ3n) is 8.56. The van der Waals surface area contributed by atoms with Gasteiger partial charge in [0.2, 0.25) is 22.5 Å². The summed E-state index contributed by atoms with van der Waals surface area (Å²) in [5.41, 5.74) is 9.56. The van der Waals surface area contributed by atoms with Crippen LogP contribution in [0.25, 0.3) is 11.3 Å². The highest BCUT2D eigenvalue weighted by atomic mass is 35.5. The number of anilines is 6. The Morgan fingerprint density at radius 2 is 0.926 bits per heavy atom. The number of nitrogens with one attached hydrogen (secondary N) is 3. The van der Waals surface area contributed by atoms with Crippen LogP contribution in [0.1, 0.15) is 48.6 Å². The summed E-state index contributed by atoms with van der Waals surface area (Å²) in [6.07, 6.45) is -1.35. The van der Waals surface area contributed by atoms with Crippen LogP contribution in [0.4, 0.5) is 35.0 Å². The number of hydrogen-bond donors (Lipinski definition) is 7. The highest BCUT2D eigenvalue weighted by molar-refractivity contribution is 6.35. The van der Waals surface area contributed by atoms with E-state index in [4.69, 9.17) is 94.9 Å². The van der Waals surface area contributed by atoms with E-state index in [1.807, 2.05) is 36.1 Å². The first-order valence-electron chi connectivity index (χ1n) is 20.2. The van der Waals surface area contributed by atoms with Gasteiger partial charge in [0.05, 0.1) is 50.4 Å². The number of nitrogens with two attached hydrogens (primary N) is 1. The molecule has 0 bridgehead atoms. The molecule has 2 fully saturated rings. The van der Waals surface area contributed by atoms with Gasteiger partial charge in [-0.2, -0.15) is 9.97 Å². The number of morpholine rings is 2. The number of nitrogen functional groups attached to an aromatic ring is 1. The zero-order valence-corrected chi connectivity index (χ0v) is 40.6. The molecule has 2 aliphatic heterocycles. The molecule has 0 unspecified atom stereocenters. The van der Waals surface area contributed by atoms with Crippen LogP contribution < -0.4 is 31.5 Å². The molecular weight excluding hydrogens is 1010 g/mol. The molecular formula is C43H64Cl6N14O5. The molecule has 2 aliphatic rings. The van der Waals surface area contributed by atoms with Crippen LogP contribution in [0.2, 0.25) is 31.2 Å². The Hall–Kier alpha value is -4.12. The fraction of sp³-hybridized carbons (Fsp3) is 0.488. The number of nitrogens with zero attached hydrogens (tertiary/aromatic N) is 10. The number of halogens is 6. The molecule has 378 valence electrons. The Kier molecular flexibility index (Phi) is 29.0. The topological polar surface area (TPSA) is 251 Å². The fourth-order valence-corrected chi connectivity index (χ4v) is 6.76. The van der Waals surface area contributed by atoms with Gasteiger partial charge in [-0.15, -0.1) is 0 Å². The maximum Gasteiger partial charge on any atom is 0.228 e. The van der Waals surface area contributed by atoms with Crippen LogP contribution >= 0.6 is 69.6 Å². The molecule has 4 aromatic heterocycles. The maximum atomic E-state index is 9.55. The fourth-order valence-electron chi connectivity index (χ4n) is 5.49. The Morgan fingerprint density at radius 3 is 1.35 bits per heavy atom. The van der Waals surface area contributed by atoms with Gasteiger partial charge in [0.25, 0.3) is 0 Å². The van der Waals surface area contributed by atoms with Crippen molar-refractivity contribution < 1.29 is 24.8 Å². The molecule has 3 atom stereocenters. The predicted molar refractivity (Wildman–Crippen MR) is 280 cm³/mol. The summed E-state index contributed by atoms with van der Waals surface area (Å²) in [6, 6.07) is 12.3. The van der Waals surface area contributed by atoms with E-state index in [0.717, 1.165) is 43.0 Å². The molecule has 19 nitrogen and oxygen atoms in total. The lowest BCUT2D eigenvalue weighted by Gasteiger charge is -2.27. The lowest BCUT2D eigenvalue weighted by atomic mass is 10.0. The number of aliphatic hydroxyl groups excluding tert-OH is 3. The molecule has 7 rings (SSSR count). The van der Waals surface area contributed by atoms with Crippen LogP contribution in [-0.2, 0) is 9.47 Å². The lowest BCUT2D eigenvalue weighted by Crippen LogP contribution is -2.37. The quantitative estimate of drug-likeness (QED) is 0.0352. The molecule has 0 aliphatic carbocycles. The summed E-state index contributed by atoms with van der Waals surface area (Å²) in [5, 5.41) is 38.1. The van der Waals surface area contributed by atoms with Crippen molar-refractivity contribution in [3.05, 3.63) is 79.2 Å². The standard InChI is InChI=1S/C18H25N5O2.C11H17ClN4O2.C7H9Cl2N3O.C4HCl3N2.3CH4/c1-12-3-4-14(19)9-15(12)16-10-17(20-11-13(2)24)22-18(21-16)23-5-7-25-8-6-23;1-8(17)7-13-10-6-9(12)14-11(15-10)16-2-4-18-5-3-16;1-4(13)3-10-6-2-5(8)11-7(9)12-6;5-2-1-3(6)9-4(7)8-2;;;/h3-4,9-10,13,24H,5-8,11,19H2,1-2H3,(H,20,21,22);6,8,17H,2-5,7H2,1H3,(H,13,14,15);2,4,13H,3H2,1H3,(H,10,11,12);1H;3*1H4/t13-;8-;4-;;;;/m111..../s1. The zero-order valence-electron chi connectivity index (χ0n) is 36.0. The second kappa shape index (κ2) is 31.9. The minimum Gasteiger partial charge on any atom is -0.399 e. The Morgan fingerprint density at radius 1 is 0.544 bits per heavy atom. The summed E-state index contributed by atoms with van der Waals surface area (Å²) in [6.45, 7) is 14.1. The van der Waals surface area contributed by atoms with Crippen LogP contribution in [-0.4, -0.2) is 146 Å². The highest BCUT2D eigenvalue weighted by Gasteiger charge is 2.18. The number of aliphatic hydroxyl groups is 3. The monoisotopic (exact) mass is 1070 g/mol. The van der Waals surface area contributed by atoms with E-state index < -0.39 is 18.3 Å². The van der Waals surface area contributed by atoms with E-state index in [2.05, 4.69) is 55.7 Å². The Balaban J connectivity index is 0.000000475. The average molecular weight is 1070 g/mol. The molecule has 2 saturated heterocycles. The first kappa shape index (κ1) is 61.9. The lowest BCUT2D eigenvalue weighted by molar-refractivity contribution is 0.122. The summed E-state index contributed by atoms with van der Waals surface area (Å²) in [7, 11) is 0. The van der Waals surface area contributed by atoms with Crippen molar-refractivity contribution in [2.24, 2.45) is 0 Å². The van der Waals surface area contributed by atoms with E-state index in [1.54, 1.807) is 26.8 Å².